The van der Waals surface area contributed by atoms with Crippen LogP contribution >= 0.6 is 11.6 Å². The van der Waals surface area contributed by atoms with Gasteiger partial charge in [-0.3, -0.25) is 0 Å². The van der Waals surface area contributed by atoms with Crippen LogP contribution in [0.1, 0.15) is 39.5 Å². The molecule has 0 amide bonds. The maximum absolute atomic E-state index is 5.85. The standard InChI is InChI=1S/C10H19Cl/c1-8-5-3-4-6-10(8)9(2)7-11/h8-10H,3-7H2,1-2H3. The van der Waals surface area contributed by atoms with Crippen LogP contribution in [-0.2, 0) is 0 Å². The van der Waals surface area contributed by atoms with Crippen LogP contribution in [0.4, 0.5) is 0 Å². The van der Waals surface area contributed by atoms with Crippen LogP contribution in [0.3, 0.4) is 0 Å². The minimum Gasteiger partial charge on any atom is -0.126 e. The minimum absolute atomic E-state index is 0.729. The maximum atomic E-state index is 5.85. The fourth-order valence-electron chi connectivity index (χ4n) is 2.30. The van der Waals surface area contributed by atoms with Gasteiger partial charge in [-0.25, -0.2) is 0 Å². The van der Waals surface area contributed by atoms with Crippen LogP contribution in [0.25, 0.3) is 0 Å². The van der Waals surface area contributed by atoms with Crippen LogP contribution in [-0.4, -0.2) is 5.88 Å². The lowest BCUT2D eigenvalue weighted by atomic mass is 9.74. The predicted octanol–water partition coefficient (Wildman–Crippen LogP) is 3.69. The summed E-state index contributed by atoms with van der Waals surface area (Å²) in [5.41, 5.74) is 0. The molecule has 1 aliphatic rings. The molecule has 1 saturated carbocycles. The molecule has 3 unspecified atom stereocenters. The van der Waals surface area contributed by atoms with Gasteiger partial charge in [-0.05, 0) is 24.2 Å². The van der Waals surface area contributed by atoms with Crippen LogP contribution in [0.5, 0.6) is 0 Å². The summed E-state index contributed by atoms with van der Waals surface area (Å²) in [6.45, 7) is 4.67. The van der Waals surface area contributed by atoms with Gasteiger partial charge < -0.3 is 0 Å². The first-order valence-electron chi connectivity index (χ1n) is 4.81. The quantitative estimate of drug-likeness (QED) is 0.561. The highest BCUT2D eigenvalue weighted by molar-refractivity contribution is 6.18. The van der Waals surface area contributed by atoms with E-state index in [9.17, 15) is 0 Å². The highest BCUT2D eigenvalue weighted by Crippen LogP contribution is 2.35. The van der Waals surface area contributed by atoms with Crippen molar-refractivity contribution in [1.29, 1.82) is 0 Å². The molecule has 0 aliphatic heterocycles. The van der Waals surface area contributed by atoms with E-state index in [0.29, 0.717) is 0 Å². The van der Waals surface area contributed by atoms with E-state index in [1.807, 2.05) is 0 Å². The lowest BCUT2D eigenvalue weighted by Crippen LogP contribution is -2.24. The van der Waals surface area contributed by atoms with E-state index in [-0.39, 0.29) is 0 Å². The second kappa shape index (κ2) is 4.35. The van der Waals surface area contributed by atoms with Crippen molar-refractivity contribution in [1.82, 2.24) is 0 Å². The van der Waals surface area contributed by atoms with Gasteiger partial charge in [0.15, 0.2) is 0 Å². The third kappa shape index (κ3) is 2.37. The Kier molecular flexibility index (Phi) is 3.71. The van der Waals surface area contributed by atoms with Crippen molar-refractivity contribution in [2.75, 3.05) is 5.88 Å². The highest BCUT2D eigenvalue weighted by atomic mass is 35.5. The zero-order valence-electron chi connectivity index (χ0n) is 7.65. The number of hydrogen-bond donors (Lipinski definition) is 0. The molecule has 3 atom stereocenters. The molecule has 1 aliphatic carbocycles. The Morgan fingerprint density at radius 2 is 2.00 bits per heavy atom. The Morgan fingerprint density at radius 1 is 1.36 bits per heavy atom. The van der Waals surface area contributed by atoms with Gasteiger partial charge in [-0.2, -0.15) is 0 Å². The molecule has 1 heteroatoms. The Balaban J connectivity index is 2.40. The van der Waals surface area contributed by atoms with Crippen molar-refractivity contribution >= 4 is 11.6 Å². The zero-order chi connectivity index (χ0) is 8.27. The van der Waals surface area contributed by atoms with Gasteiger partial charge in [0.2, 0.25) is 0 Å². The number of alkyl halides is 1. The van der Waals surface area contributed by atoms with E-state index in [1.54, 1.807) is 0 Å². The third-order valence-electron chi connectivity index (χ3n) is 3.15. The molecule has 1 fully saturated rings. The molecule has 1 rings (SSSR count). The number of hydrogen-bond acceptors (Lipinski definition) is 0. The van der Waals surface area contributed by atoms with Crippen LogP contribution in [0.2, 0.25) is 0 Å². The first kappa shape index (κ1) is 9.38. The monoisotopic (exact) mass is 174 g/mol. The van der Waals surface area contributed by atoms with Crippen molar-refractivity contribution in [2.24, 2.45) is 17.8 Å². The smallest absolute Gasteiger partial charge is 0.0251 e. The molecule has 0 heterocycles. The lowest BCUT2D eigenvalue weighted by Gasteiger charge is -2.32. The Labute approximate surface area is 75.3 Å². The van der Waals surface area contributed by atoms with E-state index < -0.39 is 0 Å². The third-order valence-corrected chi connectivity index (χ3v) is 3.64. The summed E-state index contributed by atoms with van der Waals surface area (Å²) in [6, 6.07) is 0. The molecule has 0 N–H and O–H groups in total. The number of rotatable bonds is 2. The molecule has 0 saturated heterocycles. The van der Waals surface area contributed by atoms with Crippen LogP contribution in [0.15, 0.2) is 0 Å². The second-order valence-electron chi connectivity index (χ2n) is 4.06. The van der Waals surface area contributed by atoms with Crippen molar-refractivity contribution in [3.63, 3.8) is 0 Å². The molecule has 0 radical (unpaired) electrons. The summed E-state index contributed by atoms with van der Waals surface area (Å²) in [5, 5.41) is 0. The average molecular weight is 175 g/mol. The van der Waals surface area contributed by atoms with E-state index in [1.165, 1.54) is 25.7 Å². The van der Waals surface area contributed by atoms with Crippen molar-refractivity contribution in [2.45, 2.75) is 39.5 Å². The summed E-state index contributed by atoms with van der Waals surface area (Å²) in [5.74, 6) is 3.39. The fraction of sp³-hybridized carbons (Fsp3) is 1.00. The Bertz CT molecular complexity index is 107. The molecule has 0 aromatic rings. The molecule has 0 nitrogen and oxygen atoms in total. The van der Waals surface area contributed by atoms with Crippen LogP contribution in [0, 0.1) is 17.8 Å². The molecule has 11 heavy (non-hydrogen) atoms. The van der Waals surface area contributed by atoms with E-state index >= 15 is 0 Å². The number of halogens is 1. The summed E-state index contributed by atoms with van der Waals surface area (Å²) in [7, 11) is 0. The topological polar surface area (TPSA) is 0 Å². The predicted molar refractivity (Wildman–Crippen MR) is 51.0 cm³/mol. The van der Waals surface area contributed by atoms with E-state index in [2.05, 4.69) is 13.8 Å². The van der Waals surface area contributed by atoms with Gasteiger partial charge in [0.1, 0.15) is 0 Å². The van der Waals surface area contributed by atoms with Gasteiger partial charge >= 0.3 is 0 Å². The second-order valence-corrected chi connectivity index (χ2v) is 4.37. The largest absolute Gasteiger partial charge is 0.126 e. The fourth-order valence-corrected chi connectivity index (χ4v) is 2.53. The zero-order valence-corrected chi connectivity index (χ0v) is 8.40. The van der Waals surface area contributed by atoms with E-state index in [4.69, 9.17) is 11.6 Å². The summed E-state index contributed by atoms with van der Waals surface area (Å²) in [6.07, 6.45) is 5.70. The summed E-state index contributed by atoms with van der Waals surface area (Å²) < 4.78 is 0. The van der Waals surface area contributed by atoms with E-state index in [0.717, 1.165) is 23.6 Å². The highest BCUT2D eigenvalue weighted by Gasteiger charge is 2.25. The molecular weight excluding hydrogens is 156 g/mol. The van der Waals surface area contributed by atoms with Crippen molar-refractivity contribution in [3.05, 3.63) is 0 Å². The molecular formula is C10H19Cl. The lowest BCUT2D eigenvalue weighted by molar-refractivity contribution is 0.198. The normalized spacial score (nSPS) is 35.2. The minimum atomic E-state index is 0.729. The van der Waals surface area contributed by atoms with Crippen molar-refractivity contribution < 1.29 is 0 Å². The Hall–Kier alpha value is 0.290. The molecule has 0 aromatic carbocycles. The van der Waals surface area contributed by atoms with Gasteiger partial charge in [0, 0.05) is 5.88 Å². The van der Waals surface area contributed by atoms with Gasteiger partial charge in [-0.1, -0.05) is 33.1 Å². The van der Waals surface area contributed by atoms with Crippen molar-refractivity contribution in [3.8, 4) is 0 Å². The van der Waals surface area contributed by atoms with Gasteiger partial charge in [0.05, 0.1) is 0 Å². The molecule has 0 aromatic heterocycles. The molecule has 0 spiro atoms. The SMILES string of the molecule is CC(CCl)C1CCCCC1C. The van der Waals surface area contributed by atoms with Gasteiger partial charge in [0.25, 0.3) is 0 Å². The molecule has 66 valence electrons. The first-order chi connectivity index (χ1) is 5.25. The van der Waals surface area contributed by atoms with Crippen LogP contribution < -0.4 is 0 Å². The van der Waals surface area contributed by atoms with Gasteiger partial charge in [-0.15, -0.1) is 11.6 Å². The summed E-state index contributed by atoms with van der Waals surface area (Å²) >= 11 is 5.85. The summed E-state index contributed by atoms with van der Waals surface area (Å²) in [4.78, 5) is 0. The first-order valence-corrected chi connectivity index (χ1v) is 5.35. The Morgan fingerprint density at radius 3 is 2.55 bits per heavy atom. The molecule has 0 bridgehead atoms. The maximum Gasteiger partial charge on any atom is 0.0251 e. The average Bonchev–Trinajstić information content (AvgIpc) is 2.04.